The first-order chi connectivity index (χ1) is 10.6. The summed E-state index contributed by atoms with van der Waals surface area (Å²) >= 11 is 0. The summed E-state index contributed by atoms with van der Waals surface area (Å²) in [6, 6.07) is 5.72. The van der Waals surface area contributed by atoms with E-state index in [9.17, 15) is 4.79 Å². The number of carbonyl (C=O) groups is 2. The number of nitrogens with two attached hydrogens (primary N) is 2. The first-order valence-corrected chi connectivity index (χ1v) is 7.75. The van der Waals surface area contributed by atoms with Gasteiger partial charge in [-0.2, -0.15) is 0 Å². The minimum atomic E-state index is -0.833. The fourth-order valence-electron chi connectivity index (χ4n) is 2.51. The lowest BCUT2D eigenvalue weighted by atomic mass is 9.86. The van der Waals surface area contributed by atoms with Crippen LogP contribution < -0.4 is 11.5 Å². The minimum Gasteiger partial charge on any atom is -0.481 e. The number of carbonyl (C=O) groups excluding carboxylic acids is 1. The molecule has 0 atom stereocenters. The molecule has 126 valence electrons. The molecule has 5 heteroatoms. The highest BCUT2D eigenvalue weighted by molar-refractivity contribution is 5.98. The maximum absolute atomic E-state index is 11.6. The predicted molar refractivity (Wildman–Crippen MR) is 91.9 cm³/mol. The van der Waals surface area contributed by atoms with E-state index in [1.165, 1.54) is 18.4 Å². The van der Waals surface area contributed by atoms with Crippen molar-refractivity contribution in [1.82, 2.24) is 0 Å². The van der Waals surface area contributed by atoms with Crippen LogP contribution in [0.3, 0.4) is 0 Å². The van der Waals surface area contributed by atoms with Crippen molar-refractivity contribution in [2.75, 3.05) is 0 Å². The Morgan fingerprint density at radius 2 is 1.83 bits per heavy atom. The van der Waals surface area contributed by atoms with Gasteiger partial charge in [0.25, 0.3) is 5.97 Å². The van der Waals surface area contributed by atoms with Crippen LogP contribution in [0.1, 0.15) is 67.9 Å². The van der Waals surface area contributed by atoms with Crippen molar-refractivity contribution < 1.29 is 14.7 Å². The lowest BCUT2D eigenvalue weighted by Crippen LogP contribution is -2.29. The highest BCUT2D eigenvalue weighted by Gasteiger charge is 2.19. The third-order valence-corrected chi connectivity index (χ3v) is 3.67. The fraction of sp³-hybridized carbons (Fsp3) is 0.444. The second-order valence-corrected chi connectivity index (χ2v) is 6.34. The number of carboxylic acids is 1. The Balaban J connectivity index is 0.000000593. The van der Waals surface area contributed by atoms with Crippen molar-refractivity contribution in [2.24, 2.45) is 11.5 Å². The number of primary amides is 1. The van der Waals surface area contributed by atoms with Crippen LogP contribution >= 0.6 is 0 Å². The summed E-state index contributed by atoms with van der Waals surface area (Å²) in [5, 5.41) is 7.42. The van der Waals surface area contributed by atoms with Crippen molar-refractivity contribution in [1.29, 1.82) is 0 Å². The Morgan fingerprint density at radius 3 is 2.26 bits per heavy atom. The van der Waals surface area contributed by atoms with Crippen molar-refractivity contribution in [2.45, 2.75) is 52.0 Å². The van der Waals surface area contributed by atoms with Gasteiger partial charge in [0, 0.05) is 18.0 Å². The van der Waals surface area contributed by atoms with Gasteiger partial charge in [-0.3, -0.25) is 9.59 Å². The topological polar surface area (TPSA) is 106 Å². The third kappa shape index (κ3) is 5.87. The second kappa shape index (κ2) is 7.92. The number of amides is 1. The molecule has 1 aromatic rings. The maximum atomic E-state index is 11.6. The van der Waals surface area contributed by atoms with Crippen LogP contribution in [0.2, 0.25) is 0 Å². The Morgan fingerprint density at radius 1 is 1.22 bits per heavy atom. The van der Waals surface area contributed by atoms with E-state index in [1.54, 1.807) is 6.07 Å². The number of hydrogen-bond donors (Lipinski definition) is 3. The quantitative estimate of drug-likeness (QED) is 0.796. The molecular weight excluding hydrogens is 292 g/mol. The molecule has 0 aromatic heterocycles. The van der Waals surface area contributed by atoms with Gasteiger partial charge in [0.2, 0.25) is 5.91 Å². The molecule has 5 N–H and O–H groups in total. The normalized spacial score (nSPS) is 14.3. The van der Waals surface area contributed by atoms with Gasteiger partial charge in [-0.1, -0.05) is 12.1 Å². The summed E-state index contributed by atoms with van der Waals surface area (Å²) in [5.41, 5.74) is 15.0. The monoisotopic (exact) mass is 318 g/mol. The summed E-state index contributed by atoms with van der Waals surface area (Å²) in [5.74, 6) is -1.21. The van der Waals surface area contributed by atoms with Crippen molar-refractivity contribution in [3.63, 3.8) is 0 Å². The van der Waals surface area contributed by atoms with Gasteiger partial charge in [-0.05, 0) is 68.4 Å². The van der Waals surface area contributed by atoms with Crippen LogP contribution in [-0.4, -0.2) is 17.0 Å². The standard InChI is InChI=1S/C16H22N2O.C2H4O2/c1-16(2,18)12-8-9-13(15(17)19)14(10-12)11-6-4-3-5-7-11;1-2(3)4/h6,8-10H,3-5,7,18H2,1-2H3,(H2,17,19);1H3,(H,3,4). The Labute approximate surface area is 137 Å². The van der Waals surface area contributed by atoms with Crippen LogP contribution in [0.25, 0.3) is 5.57 Å². The SMILES string of the molecule is CC(=O)O.CC(C)(N)c1ccc(C(N)=O)c(C2=CCCCC2)c1. The zero-order chi connectivity index (χ0) is 17.6. The zero-order valence-corrected chi connectivity index (χ0v) is 14.1. The molecule has 5 nitrogen and oxygen atoms in total. The molecule has 0 fully saturated rings. The van der Waals surface area contributed by atoms with Crippen LogP contribution in [-0.2, 0) is 10.3 Å². The Kier molecular flexibility index (Phi) is 6.51. The van der Waals surface area contributed by atoms with E-state index in [0.29, 0.717) is 5.56 Å². The van der Waals surface area contributed by atoms with E-state index in [-0.39, 0.29) is 5.91 Å². The third-order valence-electron chi connectivity index (χ3n) is 3.67. The average molecular weight is 318 g/mol. The van der Waals surface area contributed by atoms with Gasteiger partial charge in [0.05, 0.1) is 0 Å². The zero-order valence-electron chi connectivity index (χ0n) is 14.1. The van der Waals surface area contributed by atoms with E-state index >= 15 is 0 Å². The van der Waals surface area contributed by atoms with E-state index in [4.69, 9.17) is 21.4 Å². The number of carboxylic acid groups (broad SMARTS) is 1. The number of benzene rings is 1. The molecule has 2 rings (SSSR count). The molecule has 0 unspecified atom stereocenters. The summed E-state index contributed by atoms with van der Waals surface area (Å²) < 4.78 is 0. The lowest BCUT2D eigenvalue weighted by molar-refractivity contribution is -0.134. The van der Waals surface area contributed by atoms with Crippen molar-refractivity contribution in [3.05, 3.63) is 41.0 Å². The van der Waals surface area contributed by atoms with E-state index in [0.717, 1.165) is 30.9 Å². The van der Waals surface area contributed by atoms with E-state index in [2.05, 4.69) is 6.08 Å². The van der Waals surface area contributed by atoms with Gasteiger partial charge in [0.1, 0.15) is 0 Å². The largest absolute Gasteiger partial charge is 0.481 e. The molecule has 0 heterocycles. The van der Waals surface area contributed by atoms with Gasteiger partial charge in [-0.25, -0.2) is 0 Å². The number of rotatable bonds is 3. The lowest BCUT2D eigenvalue weighted by Gasteiger charge is -2.22. The summed E-state index contributed by atoms with van der Waals surface area (Å²) in [6.45, 7) is 5.01. The van der Waals surface area contributed by atoms with Gasteiger partial charge in [0.15, 0.2) is 0 Å². The molecule has 0 bridgehead atoms. The molecule has 1 amide bonds. The highest BCUT2D eigenvalue weighted by Crippen LogP contribution is 2.31. The molecule has 23 heavy (non-hydrogen) atoms. The van der Waals surface area contributed by atoms with Gasteiger partial charge in [-0.15, -0.1) is 0 Å². The molecule has 1 aliphatic carbocycles. The molecule has 1 aliphatic rings. The molecule has 0 saturated carbocycles. The predicted octanol–water partition coefficient (Wildman–Crippen LogP) is 3.03. The van der Waals surface area contributed by atoms with Crippen molar-refractivity contribution >= 4 is 17.4 Å². The highest BCUT2D eigenvalue weighted by atomic mass is 16.4. The minimum absolute atomic E-state index is 0.372. The Hall–Kier alpha value is -2.14. The molecule has 0 saturated heterocycles. The summed E-state index contributed by atoms with van der Waals surface area (Å²) in [6.07, 6.45) is 6.69. The number of hydrogen-bond acceptors (Lipinski definition) is 3. The van der Waals surface area contributed by atoms with Crippen LogP contribution in [0.15, 0.2) is 24.3 Å². The first kappa shape index (κ1) is 18.9. The van der Waals surface area contributed by atoms with Gasteiger partial charge < -0.3 is 16.6 Å². The number of allylic oxidation sites excluding steroid dienone is 2. The average Bonchev–Trinajstić information content (AvgIpc) is 2.46. The molecular formula is C18H26N2O3. The van der Waals surface area contributed by atoms with E-state index < -0.39 is 11.5 Å². The molecule has 0 radical (unpaired) electrons. The second-order valence-electron chi connectivity index (χ2n) is 6.34. The Bertz CT molecular complexity index is 609. The molecule has 1 aromatic carbocycles. The fourth-order valence-corrected chi connectivity index (χ4v) is 2.51. The first-order valence-electron chi connectivity index (χ1n) is 7.75. The molecule has 0 spiro atoms. The van der Waals surface area contributed by atoms with Gasteiger partial charge >= 0.3 is 0 Å². The summed E-state index contributed by atoms with van der Waals surface area (Å²) in [7, 11) is 0. The smallest absolute Gasteiger partial charge is 0.300 e. The van der Waals surface area contributed by atoms with Crippen molar-refractivity contribution in [3.8, 4) is 0 Å². The van der Waals surface area contributed by atoms with Crippen LogP contribution in [0, 0.1) is 0 Å². The van der Waals surface area contributed by atoms with Crippen LogP contribution in [0.5, 0.6) is 0 Å². The number of aliphatic carboxylic acids is 1. The maximum Gasteiger partial charge on any atom is 0.300 e. The molecule has 0 aliphatic heterocycles. The van der Waals surface area contributed by atoms with Crippen LogP contribution in [0.4, 0.5) is 0 Å². The summed E-state index contributed by atoms with van der Waals surface area (Å²) in [4.78, 5) is 20.6. The van der Waals surface area contributed by atoms with E-state index in [1.807, 2.05) is 26.0 Å².